The van der Waals surface area contributed by atoms with Gasteiger partial charge in [-0.2, -0.15) is 0 Å². The standard InChI is InChI=1S/C20H20N4O5S/c1-12-3-6-16(28-2)17-18(12)30-20(21-17)22-19(25)13-4-5-14(15(11-13)24(26)27)23-7-9-29-10-8-23/h3-6,11H,7-10H2,1-2H3,(H,21,22,25). The summed E-state index contributed by atoms with van der Waals surface area (Å²) in [5.41, 5.74) is 2.27. The Kier molecular flexibility index (Phi) is 5.51. The Morgan fingerprint density at radius 1 is 1.30 bits per heavy atom. The third-order valence-electron chi connectivity index (χ3n) is 4.93. The predicted octanol–water partition coefficient (Wildman–Crippen LogP) is 3.61. The zero-order valence-electron chi connectivity index (χ0n) is 16.5. The average Bonchev–Trinajstić information content (AvgIpc) is 3.18. The van der Waals surface area contributed by atoms with Gasteiger partial charge in [0.2, 0.25) is 0 Å². The van der Waals surface area contributed by atoms with Gasteiger partial charge in [0.05, 0.1) is 29.9 Å². The molecule has 0 atom stereocenters. The highest BCUT2D eigenvalue weighted by atomic mass is 32.1. The minimum atomic E-state index is -0.465. The number of methoxy groups -OCH3 is 1. The molecule has 2 aromatic carbocycles. The van der Waals surface area contributed by atoms with E-state index in [1.54, 1.807) is 19.2 Å². The summed E-state index contributed by atoms with van der Waals surface area (Å²) in [5.74, 6) is 0.167. The van der Waals surface area contributed by atoms with Crippen LogP contribution in [0.15, 0.2) is 30.3 Å². The molecule has 0 spiro atoms. The van der Waals surface area contributed by atoms with Crippen molar-refractivity contribution >= 4 is 44.0 Å². The Hall–Kier alpha value is -3.24. The van der Waals surface area contributed by atoms with Crippen LogP contribution in [0.1, 0.15) is 15.9 Å². The van der Waals surface area contributed by atoms with Crippen molar-refractivity contribution in [3.05, 3.63) is 51.6 Å². The number of benzene rings is 2. The summed E-state index contributed by atoms with van der Waals surface area (Å²) in [6.45, 7) is 4.12. The van der Waals surface area contributed by atoms with E-state index in [4.69, 9.17) is 9.47 Å². The minimum Gasteiger partial charge on any atom is -0.494 e. The first kappa shape index (κ1) is 20.0. The quantitative estimate of drug-likeness (QED) is 0.489. The van der Waals surface area contributed by atoms with E-state index >= 15 is 0 Å². The number of nitrogens with one attached hydrogen (secondary N) is 1. The molecule has 0 radical (unpaired) electrons. The van der Waals surface area contributed by atoms with Crippen LogP contribution in [0.5, 0.6) is 5.75 Å². The summed E-state index contributed by atoms with van der Waals surface area (Å²) in [4.78, 5) is 30.3. The van der Waals surface area contributed by atoms with Crippen LogP contribution in [0.4, 0.5) is 16.5 Å². The van der Waals surface area contributed by atoms with Crippen molar-refractivity contribution in [2.24, 2.45) is 0 Å². The minimum absolute atomic E-state index is 0.105. The number of hydrogen-bond donors (Lipinski definition) is 1. The maximum absolute atomic E-state index is 12.8. The Labute approximate surface area is 176 Å². The second kappa shape index (κ2) is 8.25. The number of nitro benzene ring substituents is 1. The molecule has 1 aromatic heterocycles. The molecule has 1 saturated heterocycles. The molecule has 0 bridgehead atoms. The molecule has 10 heteroatoms. The first-order chi connectivity index (χ1) is 14.5. The molecule has 0 aliphatic carbocycles. The fraction of sp³-hybridized carbons (Fsp3) is 0.300. The number of morpholine rings is 1. The zero-order valence-corrected chi connectivity index (χ0v) is 17.3. The Balaban J connectivity index is 1.62. The first-order valence-electron chi connectivity index (χ1n) is 9.34. The summed E-state index contributed by atoms with van der Waals surface area (Å²) < 4.78 is 11.6. The van der Waals surface area contributed by atoms with Crippen LogP contribution in [0, 0.1) is 17.0 Å². The number of hydrogen-bond acceptors (Lipinski definition) is 8. The SMILES string of the molecule is COc1ccc(C)c2sc(NC(=O)c3ccc(N4CCOCC4)c([N+](=O)[O-])c3)nc12. The summed E-state index contributed by atoms with van der Waals surface area (Å²) in [6, 6.07) is 8.27. The number of thiazole rings is 1. The molecule has 1 aliphatic rings. The number of ether oxygens (including phenoxy) is 2. The number of rotatable bonds is 5. The molecule has 4 rings (SSSR count). The van der Waals surface area contributed by atoms with Crippen LogP contribution >= 0.6 is 11.3 Å². The number of nitrogens with zero attached hydrogens (tertiary/aromatic N) is 3. The molecule has 1 fully saturated rings. The van der Waals surface area contributed by atoms with Gasteiger partial charge in [-0.3, -0.25) is 20.2 Å². The molecule has 0 saturated carbocycles. The summed E-state index contributed by atoms with van der Waals surface area (Å²) >= 11 is 1.33. The van der Waals surface area contributed by atoms with Crippen LogP contribution in [0.25, 0.3) is 10.2 Å². The summed E-state index contributed by atoms with van der Waals surface area (Å²) in [5, 5.41) is 14.8. The first-order valence-corrected chi connectivity index (χ1v) is 10.2. The molecular formula is C20H20N4O5S. The van der Waals surface area contributed by atoms with Crippen molar-refractivity contribution in [3.63, 3.8) is 0 Å². The van der Waals surface area contributed by atoms with Gasteiger partial charge < -0.3 is 14.4 Å². The van der Waals surface area contributed by atoms with Crippen LogP contribution in [0.3, 0.4) is 0 Å². The maximum Gasteiger partial charge on any atom is 0.293 e. The number of amides is 1. The smallest absolute Gasteiger partial charge is 0.293 e. The van der Waals surface area contributed by atoms with Crippen LogP contribution in [0.2, 0.25) is 0 Å². The van der Waals surface area contributed by atoms with Gasteiger partial charge in [0.15, 0.2) is 5.13 Å². The van der Waals surface area contributed by atoms with Gasteiger partial charge >= 0.3 is 0 Å². The molecule has 30 heavy (non-hydrogen) atoms. The van der Waals surface area contributed by atoms with Crippen molar-refractivity contribution in [1.82, 2.24) is 4.98 Å². The topological polar surface area (TPSA) is 107 Å². The van der Waals surface area contributed by atoms with E-state index in [-0.39, 0.29) is 11.3 Å². The van der Waals surface area contributed by atoms with E-state index < -0.39 is 10.8 Å². The Morgan fingerprint density at radius 3 is 2.77 bits per heavy atom. The highest BCUT2D eigenvalue weighted by Crippen LogP contribution is 2.35. The Bertz CT molecular complexity index is 1120. The van der Waals surface area contributed by atoms with Crippen LogP contribution in [-0.2, 0) is 4.74 Å². The summed E-state index contributed by atoms with van der Waals surface area (Å²) in [7, 11) is 1.57. The number of aryl methyl sites for hydroxylation is 1. The second-order valence-electron chi connectivity index (χ2n) is 6.80. The second-order valence-corrected chi connectivity index (χ2v) is 7.79. The number of carbonyl (C=O) groups is 1. The van der Waals surface area contributed by atoms with Crippen LogP contribution < -0.4 is 15.0 Å². The van der Waals surface area contributed by atoms with E-state index in [2.05, 4.69) is 10.3 Å². The normalized spacial score (nSPS) is 14.0. The van der Waals surface area contributed by atoms with E-state index in [1.165, 1.54) is 17.4 Å². The number of aromatic nitrogens is 1. The van der Waals surface area contributed by atoms with Gasteiger partial charge in [0.1, 0.15) is 17.0 Å². The Morgan fingerprint density at radius 2 is 2.07 bits per heavy atom. The largest absolute Gasteiger partial charge is 0.494 e. The highest BCUT2D eigenvalue weighted by molar-refractivity contribution is 7.22. The number of fused-ring (bicyclic) bond motifs is 1. The maximum atomic E-state index is 12.8. The molecule has 1 amide bonds. The lowest BCUT2D eigenvalue weighted by atomic mass is 10.1. The average molecular weight is 428 g/mol. The lowest BCUT2D eigenvalue weighted by Crippen LogP contribution is -2.36. The molecule has 1 aliphatic heterocycles. The van der Waals surface area contributed by atoms with E-state index in [1.807, 2.05) is 24.0 Å². The van der Waals surface area contributed by atoms with Gasteiger partial charge in [-0.25, -0.2) is 4.98 Å². The third kappa shape index (κ3) is 3.79. The van der Waals surface area contributed by atoms with Crippen LogP contribution in [-0.4, -0.2) is 49.2 Å². The number of carbonyl (C=O) groups excluding carboxylic acids is 1. The molecule has 156 valence electrons. The van der Waals surface area contributed by atoms with Crippen molar-refractivity contribution in [2.45, 2.75) is 6.92 Å². The monoisotopic (exact) mass is 428 g/mol. The molecule has 9 nitrogen and oxygen atoms in total. The number of nitro groups is 1. The lowest BCUT2D eigenvalue weighted by molar-refractivity contribution is -0.384. The predicted molar refractivity (Wildman–Crippen MR) is 115 cm³/mol. The molecule has 2 heterocycles. The van der Waals surface area contributed by atoms with Gasteiger partial charge in [0, 0.05) is 24.7 Å². The molecule has 3 aromatic rings. The molecule has 0 unspecified atom stereocenters. The van der Waals surface area contributed by atoms with Crippen molar-refractivity contribution in [2.75, 3.05) is 43.6 Å². The fourth-order valence-corrected chi connectivity index (χ4v) is 4.33. The highest BCUT2D eigenvalue weighted by Gasteiger charge is 2.24. The van der Waals surface area contributed by atoms with E-state index in [0.29, 0.717) is 48.4 Å². The van der Waals surface area contributed by atoms with Gasteiger partial charge in [-0.05, 0) is 30.7 Å². The zero-order chi connectivity index (χ0) is 21.3. The van der Waals surface area contributed by atoms with E-state index in [9.17, 15) is 14.9 Å². The van der Waals surface area contributed by atoms with Gasteiger partial charge in [-0.1, -0.05) is 17.4 Å². The van der Waals surface area contributed by atoms with Crippen molar-refractivity contribution in [1.29, 1.82) is 0 Å². The lowest BCUT2D eigenvalue weighted by Gasteiger charge is -2.28. The van der Waals surface area contributed by atoms with Gasteiger partial charge in [-0.15, -0.1) is 0 Å². The number of anilines is 2. The summed E-state index contributed by atoms with van der Waals surface area (Å²) in [6.07, 6.45) is 0. The molecular weight excluding hydrogens is 408 g/mol. The molecule has 1 N–H and O–H groups in total. The fourth-order valence-electron chi connectivity index (χ4n) is 3.38. The third-order valence-corrected chi connectivity index (χ3v) is 6.04. The van der Waals surface area contributed by atoms with Crippen molar-refractivity contribution < 1.29 is 19.2 Å². The van der Waals surface area contributed by atoms with Crippen molar-refractivity contribution in [3.8, 4) is 5.75 Å². The van der Waals surface area contributed by atoms with E-state index in [0.717, 1.165) is 10.3 Å². The van der Waals surface area contributed by atoms with Gasteiger partial charge in [0.25, 0.3) is 11.6 Å².